The fourth-order valence-electron chi connectivity index (χ4n) is 2.51. The van der Waals surface area contributed by atoms with Crippen molar-refractivity contribution in [1.82, 2.24) is 15.2 Å². The number of carbonyl (C=O) groups is 1. The number of pyridine rings is 1. The van der Waals surface area contributed by atoms with Crippen molar-refractivity contribution in [3.63, 3.8) is 0 Å². The number of ether oxygens (including phenoxy) is 2. The monoisotopic (exact) mass is 307 g/mol. The van der Waals surface area contributed by atoms with E-state index in [2.05, 4.69) is 10.3 Å². The number of rotatable bonds is 4. The molecule has 0 unspecified atom stereocenters. The maximum Gasteiger partial charge on any atom is 0.317 e. The smallest absolute Gasteiger partial charge is 0.317 e. The Hall–Kier alpha value is -1.82. The minimum absolute atomic E-state index is 0.0466. The number of carbonyl (C=O) groups excluding carboxylic acids is 1. The molecule has 2 rings (SSSR count). The molecule has 0 aliphatic carbocycles. The van der Waals surface area contributed by atoms with Crippen molar-refractivity contribution in [2.24, 2.45) is 0 Å². The minimum atomic E-state index is -0.0821. The predicted octanol–water partition coefficient (Wildman–Crippen LogP) is 2.19. The molecule has 0 bridgehead atoms. The van der Waals surface area contributed by atoms with Crippen LogP contribution in [0.5, 0.6) is 5.88 Å². The van der Waals surface area contributed by atoms with Crippen LogP contribution in [-0.2, 0) is 11.3 Å². The lowest BCUT2D eigenvalue weighted by molar-refractivity contribution is -0.0545. The number of amides is 2. The van der Waals surface area contributed by atoms with Crippen LogP contribution >= 0.6 is 0 Å². The molecule has 0 saturated carbocycles. The van der Waals surface area contributed by atoms with E-state index in [0.29, 0.717) is 25.5 Å². The molecule has 1 N–H and O–H groups in total. The molecule has 1 aromatic heterocycles. The normalized spacial score (nSPS) is 21.8. The van der Waals surface area contributed by atoms with Crippen molar-refractivity contribution in [3.8, 4) is 5.88 Å². The lowest BCUT2D eigenvalue weighted by Gasteiger charge is -2.35. The summed E-state index contributed by atoms with van der Waals surface area (Å²) in [7, 11) is 0. The maximum absolute atomic E-state index is 12.3. The van der Waals surface area contributed by atoms with Gasteiger partial charge in [-0.15, -0.1) is 0 Å². The van der Waals surface area contributed by atoms with Gasteiger partial charge in [-0.2, -0.15) is 0 Å². The number of nitrogens with zero attached hydrogens (tertiary/aromatic N) is 2. The Morgan fingerprint density at radius 1 is 1.45 bits per heavy atom. The third-order valence-electron chi connectivity index (χ3n) is 3.33. The molecular formula is C16H25N3O3. The number of urea groups is 1. The molecule has 1 fully saturated rings. The van der Waals surface area contributed by atoms with Gasteiger partial charge in [0.1, 0.15) is 0 Å². The van der Waals surface area contributed by atoms with Gasteiger partial charge in [0.05, 0.1) is 18.3 Å². The van der Waals surface area contributed by atoms with Crippen molar-refractivity contribution in [2.45, 2.75) is 52.6 Å². The van der Waals surface area contributed by atoms with E-state index in [9.17, 15) is 4.79 Å². The Labute approximate surface area is 131 Å². The van der Waals surface area contributed by atoms with E-state index in [-0.39, 0.29) is 24.3 Å². The second kappa shape index (κ2) is 7.45. The summed E-state index contributed by atoms with van der Waals surface area (Å²) in [6, 6.07) is 3.67. The van der Waals surface area contributed by atoms with E-state index in [1.54, 1.807) is 11.1 Å². The van der Waals surface area contributed by atoms with E-state index in [0.717, 1.165) is 5.56 Å². The van der Waals surface area contributed by atoms with Crippen molar-refractivity contribution in [3.05, 3.63) is 23.9 Å². The summed E-state index contributed by atoms with van der Waals surface area (Å²) < 4.78 is 11.3. The van der Waals surface area contributed by atoms with Crippen LogP contribution in [0.3, 0.4) is 0 Å². The summed E-state index contributed by atoms with van der Waals surface area (Å²) in [6.45, 7) is 9.48. The van der Waals surface area contributed by atoms with Gasteiger partial charge in [-0.25, -0.2) is 9.78 Å². The van der Waals surface area contributed by atoms with Crippen LogP contribution in [0.2, 0.25) is 0 Å². The third kappa shape index (κ3) is 4.59. The van der Waals surface area contributed by atoms with Crippen molar-refractivity contribution in [1.29, 1.82) is 0 Å². The molecule has 122 valence electrons. The van der Waals surface area contributed by atoms with Crippen LogP contribution < -0.4 is 10.1 Å². The summed E-state index contributed by atoms with van der Waals surface area (Å²) in [6.07, 6.45) is 1.86. The van der Waals surface area contributed by atoms with E-state index in [1.807, 2.05) is 39.8 Å². The first-order valence-electron chi connectivity index (χ1n) is 7.74. The molecule has 6 nitrogen and oxygen atoms in total. The van der Waals surface area contributed by atoms with Gasteiger partial charge >= 0.3 is 6.03 Å². The highest BCUT2D eigenvalue weighted by molar-refractivity contribution is 5.74. The number of nitrogens with one attached hydrogen (secondary N) is 1. The van der Waals surface area contributed by atoms with Gasteiger partial charge in [0.15, 0.2) is 0 Å². The summed E-state index contributed by atoms with van der Waals surface area (Å²) in [5.74, 6) is 0.571. The number of morpholine rings is 1. The number of hydrogen-bond donors (Lipinski definition) is 1. The summed E-state index contributed by atoms with van der Waals surface area (Å²) >= 11 is 0. The van der Waals surface area contributed by atoms with E-state index >= 15 is 0 Å². The van der Waals surface area contributed by atoms with E-state index < -0.39 is 0 Å². The Bertz CT molecular complexity index is 497. The van der Waals surface area contributed by atoms with Gasteiger partial charge in [0.2, 0.25) is 5.88 Å². The fraction of sp³-hybridized carbons (Fsp3) is 0.625. The van der Waals surface area contributed by atoms with Gasteiger partial charge < -0.3 is 19.7 Å². The van der Waals surface area contributed by atoms with Crippen LogP contribution in [0.15, 0.2) is 18.3 Å². The topological polar surface area (TPSA) is 63.7 Å². The zero-order valence-corrected chi connectivity index (χ0v) is 13.7. The predicted molar refractivity (Wildman–Crippen MR) is 83.8 cm³/mol. The van der Waals surface area contributed by atoms with E-state index in [4.69, 9.17) is 9.47 Å². The number of hydrogen-bond acceptors (Lipinski definition) is 4. The zero-order chi connectivity index (χ0) is 16.1. The summed E-state index contributed by atoms with van der Waals surface area (Å²) in [5.41, 5.74) is 0.874. The van der Waals surface area contributed by atoms with Gasteiger partial charge in [-0.1, -0.05) is 6.07 Å². The van der Waals surface area contributed by atoms with Crippen LogP contribution in [-0.4, -0.2) is 47.3 Å². The molecule has 1 aliphatic heterocycles. The molecular weight excluding hydrogens is 282 g/mol. The Balaban J connectivity index is 1.93. The highest BCUT2D eigenvalue weighted by atomic mass is 16.5. The summed E-state index contributed by atoms with van der Waals surface area (Å²) in [5, 5.41) is 2.93. The first kappa shape index (κ1) is 16.5. The van der Waals surface area contributed by atoms with Crippen LogP contribution in [0.25, 0.3) is 0 Å². The lowest BCUT2D eigenvalue weighted by atomic mass is 10.2. The molecule has 0 spiro atoms. The molecule has 2 atom stereocenters. The lowest BCUT2D eigenvalue weighted by Crippen LogP contribution is -2.51. The van der Waals surface area contributed by atoms with Crippen molar-refractivity contribution >= 4 is 6.03 Å². The van der Waals surface area contributed by atoms with Crippen LogP contribution in [0.1, 0.15) is 33.3 Å². The van der Waals surface area contributed by atoms with Gasteiger partial charge in [0.25, 0.3) is 0 Å². The second-order valence-electron chi connectivity index (χ2n) is 5.96. The highest BCUT2D eigenvalue weighted by Crippen LogP contribution is 2.16. The zero-order valence-electron chi connectivity index (χ0n) is 13.7. The fourth-order valence-corrected chi connectivity index (χ4v) is 2.51. The Morgan fingerprint density at radius 2 is 2.14 bits per heavy atom. The maximum atomic E-state index is 12.3. The minimum Gasteiger partial charge on any atom is -0.475 e. The molecule has 0 aromatic carbocycles. The van der Waals surface area contributed by atoms with Crippen LogP contribution in [0, 0.1) is 0 Å². The first-order chi connectivity index (χ1) is 10.5. The molecule has 0 radical (unpaired) electrons. The van der Waals surface area contributed by atoms with Gasteiger partial charge in [-0.3, -0.25) is 0 Å². The molecule has 6 heteroatoms. The third-order valence-corrected chi connectivity index (χ3v) is 3.33. The average Bonchev–Trinajstić information content (AvgIpc) is 2.44. The quantitative estimate of drug-likeness (QED) is 0.926. The largest absolute Gasteiger partial charge is 0.475 e. The molecule has 1 aliphatic rings. The molecule has 2 heterocycles. The molecule has 1 aromatic rings. The molecule has 1 saturated heterocycles. The van der Waals surface area contributed by atoms with Crippen molar-refractivity contribution in [2.75, 3.05) is 13.1 Å². The van der Waals surface area contributed by atoms with Crippen LogP contribution in [0.4, 0.5) is 4.79 Å². The SMILES string of the molecule is CC(C)Oc1ncccc1CNC(=O)N1C[C@@H](C)O[C@H](C)C1. The second-order valence-corrected chi connectivity index (χ2v) is 5.96. The standard InChI is InChI=1S/C16H25N3O3/c1-11(2)21-15-14(6-5-7-17-15)8-18-16(20)19-9-12(3)22-13(4)10-19/h5-7,11-13H,8-10H2,1-4H3,(H,18,20)/t12-,13-/m1/s1. The highest BCUT2D eigenvalue weighted by Gasteiger charge is 2.25. The number of aromatic nitrogens is 1. The van der Waals surface area contributed by atoms with Gasteiger partial charge in [0, 0.05) is 31.4 Å². The molecule has 22 heavy (non-hydrogen) atoms. The van der Waals surface area contributed by atoms with Gasteiger partial charge in [-0.05, 0) is 33.8 Å². The average molecular weight is 307 g/mol. The Kier molecular flexibility index (Phi) is 5.60. The van der Waals surface area contributed by atoms with Crippen molar-refractivity contribution < 1.29 is 14.3 Å². The molecule has 2 amide bonds. The Morgan fingerprint density at radius 3 is 2.77 bits per heavy atom. The summed E-state index contributed by atoms with van der Waals surface area (Å²) in [4.78, 5) is 18.3. The first-order valence-corrected chi connectivity index (χ1v) is 7.74. The van der Waals surface area contributed by atoms with E-state index in [1.165, 1.54) is 0 Å².